The van der Waals surface area contributed by atoms with Crippen molar-refractivity contribution in [3.05, 3.63) is 103 Å². The molecule has 1 heterocycles. The molecule has 6 nitrogen and oxygen atoms in total. The lowest BCUT2D eigenvalue weighted by atomic mass is 10.0. The molecule has 0 saturated carbocycles. The summed E-state index contributed by atoms with van der Waals surface area (Å²) in [6.07, 6.45) is 0. The van der Waals surface area contributed by atoms with Crippen LogP contribution in [0.5, 0.6) is 5.75 Å². The van der Waals surface area contributed by atoms with E-state index in [1.165, 1.54) is 7.05 Å². The van der Waals surface area contributed by atoms with Crippen molar-refractivity contribution in [1.29, 1.82) is 0 Å². The fourth-order valence-electron chi connectivity index (χ4n) is 3.13. The van der Waals surface area contributed by atoms with Gasteiger partial charge in [-0.25, -0.2) is 9.59 Å². The van der Waals surface area contributed by atoms with Crippen molar-refractivity contribution in [2.75, 3.05) is 0 Å². The molecule has 0 fully saturated rings. The lowest BCUT2D eigenvalue weighted by Gasteiger charge is -2.16. The lowest BCUT2D eigenvalue weighted by molar-refractivity contribution is 0.275. The van der Waals surface area contributed by atoms with Gasteiger partial charge in [-0.1, -0.05) is 71.7 Å². The molecule has 0 atom stereocenters. The molecule has 0 radical (unpaired) electrons. The van der Waals surface area contributed by atoms with E-state index in [4.69, 9.17) is 32.5 Å². The number of hydrogen-bond acceptors (Lipinski definition) is 4. The van der Waals surface area contributed by atoms with Gasteiger partial charge in [0.2, 0.25) is 0 Å². The van der Waals surface area contributed by atoms with Crippen molar-refractivity contribution < 1.29 is 9.26 Å². The zero-order valence-corrected chi connectivity index (χ0v) is 17.4. The number of aromatic nitrogens is 2. The minimum atomic E-state index is -0.812. The van der Waals surface area contributed by atoms with Crippen LogP contribution < -0.4 is 16.2 Å². The van der Waals surface area contributed by atoms with Crippen LogP contribution in [0.3, 0.4) is 0 Å². The fraction of sp³-hybridized carbons (Fsp3) is 0.0909. The predicted octanol–water partition coefficient (Wildman–Crippen LogP) is 4.68. The molecule has 0 aliphatic heterocycles. The van der Waals surface area contributed by atoms with E-state index < -0.39 is 11.4 Å². The van der Waals surface area contributed by atoms with Gasteiger partial charge in [0.25, 0.3) is 0 Å². The van der Waals surface area contributed by atoms with Crippen LogP contribution in [0.15, 0.2) is 80.8 Å². The molecular weight excluding hydrogens is 427 g/mol. The normalized spacial score (nSPS) is 10.9. The molecule has 0 aliphatic rings. The summed E-state index contributed by atoms with van der Waals surface area (Å²) in [7, 11) is 1.37. The van der Waals surface area contributed by atoms with E-state index >= 15 is 0 Å². The maximum atomic E-state index is 12.5. The summed E-state index contributed by atoms with van der Waals surface area (Å²) in [6.45, 7) is 0.0439. The van der Waals surface area contributed by atoms with Gasteiger partial charge in [-0.2, -0.15) is 9.31 Å². The standard InChI is InChI=1S/C22H16Cl2N2O4/c1-25-21(27)26(22(28)30-25)19-12-5-9-15(14-7-3-2-4-8-14)20(19)29-13-16-17(23)10-6-11-18(16)24/h2-12H,13H2,1H3. The minimum Gasteiger partial charge on any atom is -0.486 e. The Morgan fingerprint density at radius 1 is 0.900 bits per heavy atom. The van der Waals surface area contributed by atoms with E-state index in [2.05, 4.69) is 0 Å². The van der Waals surface area contributed by atoms with Gasteiger partial charge in [0, 0.05) is 21.2 Å². The van der Waals surface area contributed by atoms with Crippen LogP contribution in [0, 0.1) is 0 Å². The molecule has 3 aromatic carbocycles. The van der Waals surface area contributed by atoms with Crippen molar-refractivity contribution in [3.63, 3.8) is 0 Å². The Balaban J connectivity index is 1.89. The molecule has 0 spiro atoms. The first kappa shape index (κ1) is 20.1. The zero-order valence-electron chi connectivity index (χ0n) is 15.8. The highest BCUT2D eigenvalue weighted by Crippen LogP contribution is 2.36. The van der Waals surface area contributed by atoms with Crippen LogP contribution >= 0.6 is 23.2 Å². The van der Waals surface area contributed by atoms with E-state index in [-0.39, 0.29) is 12.3 Å². The van der Waals surface area contributed by atoms with Crippen molar-refractivity contribution in [2.24, 2.45) is 7.05 Å². The van der Waals surface area contributed by atoms with Crippen molar-refractivity contribution in [3.8, 4) is 22.6 Å². The van der Waals surface area contributed by atoms with Gasteiger partial charge >= 0.3 is 11.4 Å². The van der Waals surface area contributed by atoms with Gasteiger partial charge in [-0.15, -0.1) is 0 Å². The monoisotopic (exact) mass is 442 g/mol. The number of nitrogens with zero attached hydrogens (tertiary/aromatic N) is 2. The van der Waals surface area contributed by atoms with Gasteiger partial charge in [-0.3, -0.25) is 0 Å². The number of rotatable bonds is 5. The Hall–Kier alpha value is -3.22. The van der Waals surface area contributed by atoms with Crippen LogP contribution in [-0.4, -0.2) is 9.31 Å². The van der Waals surface area contributed by atoms with Gasteiger partial charge in [0.05, 0.1) is 12.7 Å². The molecule has 0 unspecified atom stereocenters. The van der Waals surface area contributed by atoms with Crippen molar-refractivity contribution >= 4 is 23.2 Å². The summed E-state index contributed by atoms with van der Waals surface area (Å²) in [5.74, 6) is -0.478. The SMILES string of the molecule is Cn1oc(=O)n(-c2cccc(-c3ccccc3)c2OCc2c(Cl)cccc2Cl)c1=O. The van der Waals surface area contributed by atoms with Gasteiger partial charge < -0.3 is 9.26 Å². The number of aryl methyl sites for hydroxylation is 1. The third kappa shape index (κ3) is 3.67. The summed E-state index contributed by atoms with van der Waals surface area (Å²) < 4.78 is 12.8. The van der Waals surface area contributed by atoms with Gasteiger partial charge in [0.1, 0.15) is 6.61 Å². The first-order valence-electron chi connectivity index (χ1n) is 9.01. The second-order valence-electron chi connectivity index (χ2n) is 6.48. The Morgan fingerprint density at radius 3 is 2.20 bits per heavy atom. The second-order valence-corrected chi connectivity index (χ2v) is 7.30. The summed E-state index contributed by atoms with van der Waals surface area (Å²) in [6, 6.07) is 19.9. The van der Waals surface area contributed by atoms with Gasteiger partial charge in [0.15, 0.2) is 5.75 Å². The smallest absolute Gasteiger partial charge is 0.447 e. The van der Waals surface area contributed by atoms with Crippen molar-refractivity contribution in [2.45, 2.75) is 6.61 Å². The van der Waals surface area contributed by atoms with Crippen LogP contribution in [-0.2, 0) is 13.7 Å². The average Bonchev–Trinajstić information content (AvgIpc) is 2.99. The molecule has 8 heteroatoms. The summed E-state index contributed by atoms with van der Waals surface area (Å²) in [5.41, 5.74) is 1.80. The van der Waals surface area contributed by atoms with Crippen LogP contribution in [0.1, 0.15) is 5.56 Å². The Labute approximate surface area is 181 Å². The summed E-state index contributed by atoms with van der Waals surface area (Å²) in [5, 5.41) is 0.912. The van der Waals surface area contributed by atoms with Gasteiger partial charge in [-0.05, 0) is 23.8 Å². The zero-order chi connectivity index (χ0) is 21.3. The number of para-hydroxylation sites is 1. The van der Waals surface area contributed by atoms with Crippen LogP contribution in [0.4, 0.5) is 0 Å². The molecule has 0 N–H and O–H groups in total. The first-order chi connectivity index (χ1) is 14.5. The second kappa shape index (κ2) is 8.26. The number of halogens is 2. The highest BCUT2D eigenvalue weighted by Gasteiger charge is 2.20. The molecule has 1 aromatic heterocycles. The highest BCUT2D eigenvalue weighted by molar-refractivity contribution is 6.35. The summed E-state index contributed by atoms with van der Waals surface area (Å²) >= 11 is 12.6. The molecule has 0 bridgehead atoms. The lowest BCUT2D eigenvalue weighted by Crippen LogP contribution is -2.27. The average molecular weight is 443 g/mol. The molecule has 152 valence electrons. The molecule has 0 aliphatic carbocycles. The number of hydrogen-bond donors (Lipinski definition) is 0. The molecular formula is C22H16Cl2N2O4. The Bertz CT molecular complexity index is 1300. The predicted molar refractivity (Wildman–Crippen MR) is 116 cm³/mol. The molecule has 4 rings (SSSR count). The van der Waals surface area contributed by atoms with E-state index in [1.54, 1.807) is 30.3 Å². The topological polar surface area (TPSA) is 66.4 Å². The maximum Gasteiger partial charge on any atom is 0.447 e. The van der Waals surface area contributed by atoms with E-state index in [9.17, 15) is 9.59 Å². The number of ether oxygens (including phenoxy) is 1. The third-order valence-corrected chi connectivity index (χ3v) is 5.31. The van der Waals surface area contributed by atoms with E-state index in [0.717, 1.165) is 14.9 Å². The van der Waals surface area contributed by atoms with Crippen LogP contribution in [0.2, 0.25) is 10.0 Å². The molecule has 4 aromatic rings. The van der Waals surface area contributed by atoms with E-state index in [1.807, 2.05) is 36.4 Å². The fourth-order valence-corrected chi connectivity index (χ4v) is 3.64. The molecule has 30 heavy (non-hydrogen) atoms. The third-order valence-electron chi connectivity index (χ3n) is 4.60. The van der Waals surface area contributed by atoms with E-state index in [0.29, 0.717) is 26.9 Å². The minimum absolute atomic E-state index is 0.0439. The van der Waals surface area contributed by atoms with Crippen molar-refractivity contribution in [1.82, 2.24) is 9.31 Å². The molecule has 0 amide bonds. The maximum absolute atomic E-state index is 12.5. The van der Waals surface area contributed by atoms with Crippen LogP contribution in [0.25, 0.3) is 16.8 Å². The Kier molecular flexibility index (Phi) is 5.53. The summed E-state index contributed by atoms with van der Waals surface area (Å²) in [4.78, 5) is 24.8. The quantitative estimate of drug-likeness (QED) is 0.449. The number of benzene rings is 3. The highest BCUT2D eigenvalue weighted by atomic mass is 35.5. The largest absolute Gasteiger partial charge is 0.486 e. The first-order valence-corrected chi connectivity index (χ1v) is 9.77. The Morgan fingerprint density at radius 2 is 1.57 bits per heavy atom. The molecule has 0 saturated heterocycles.